The maximum Gasteiger partial charge on any atom is 0.333 e. The lowest BCUT2D eigenvalue weighted by atomic mass is 10.3. The molecule has 0 N–H and O–H groups in total. The third-order valence-electron chi connectivity index (χ3n) is 1.37. The first-order valence-corrected chi connectivity index (χ1v) is 5.35. The Morgan fingerprint density at radius 3 is 2.53 bits per heavy atom. The lowest BCUT2D eigenvalue weighted by Crippen LogP contribution is -2.26. The van der Waals surface area contributed by atoms with Gasteiger partial charge in [0.25, 0.3) is 0 Å². The van der Waals surface area contributed by atoms with Gasteiger partial charge in [0, 0.05) is 17.0 Å². The summed E-state index contributed by atoms with van der Waals surface area (Å²) in [6.07, 6.45) is 0.532. The zero-order chi connectivity index (χ0) is 11.8. The van der Waals surface area contributed by atoms with E-state index in [0.717, 1.165) is 6.08 Å². The highest BCUT2D eigenvalue weighted by Gasteiger charge is 2.15. The highest BCUT2D eigenvalue weighted by molar-refractivity contribution is 9.09. The summed E-state index contributed by atoms with van der Waals surface area (Å²) in [7, 11) is 0. The van der Waals surface area contributed by atoms with Crippen LogP contribution in [0.25, 0.3) is 0 Å². The van der Waals surface area contributed by atoms with Gasteiger partial charge in [0.05, 0.1) is 0 Å². The van der Waals surface area contributed by atoms with Crippen molar-refractivity contribution in [2.45, 2.75) is 13.0 Å². The van der Waals surface area contributed by atoms with Crippen molar-refractivity contribution in [3.8, 4) is 0 Å². The van der Waals surface area contributed by atoms with Gasteiger partial charge < -0.3 is 9.47 Å². The number of esters is 2. The molecule has 0 heterocycles. The standard InChI is InChI=1S/C10H13BrO4/c1-4-9(12)14-6-8(5-11)15-10(13)7(2)3/h4,8H,1-2,5-6H2,3H3. The Kier molecular flexibility index (Phi) is 6.70. The summed E-state index contributed by atoms with van der Waals surface area (Å²) in [6, 6.07) is 0. The normalized spacial score (nSPS) is 11.3. The summed E-state index contributed by atoms with van der Waals surface area (Å²) in [5.41, 5.74) is 0.302. The smallest absolute Gasteiger partial charge is 0.333 e. The Morgan fingerprint density at radius 1 is 1.53 bits per heavy atom. The summed E-state index contributed by atoms with van der Waals surface area (Å²) < 4.78 is 9.69. The second-order valence-electron chi connectivity index (χ2n) is 2.80. The SMILES string of the molecule is C=CC(=O)OCC(CBr)OC(=O)C(=C)C. The van der Waals surface area contributed by atoms with Gasteiger partial charge in [-0.1, -0.05) is 29.1 Å². The third-order valence-corrected chi connectivity index (χ3v) is 2.09. The fourth-order valence-electron chi connectivity index (χ4n) is 0.596. The minimum atomic E-state index is -0.549. The molecule has 0 rings (SSSR count). The van der Waals surface area contributed by atoms with Crippen LogP contribution in [0.2, 0.25) is 0 Å². The van der Waals surface area contributed by atoms with Gasteiger partial charge in [0.2, 0.25) is 0 Å². The monoisotopic (exact) mass is 276 g/mol. The minimum absolute atomic E-state index is 0.00484. The van der Waals surface area contributed by atoms with Crippen molar-refractivity contribution in [1.82, 2.24) is 0 Å². The van der Waals surface area contributed by atoms with Crippen LogP contribution in [-0.2, 0) is 19.1 Å². The van der Waals surface area contributed by atoms with Gasteiger partial charge in [0.15, 0.2) is 0 Å². The molecule has 0 aliphatic heterocycles. The van der Waals surface area contributed by atoms with Gasteiger partial charge in [-0.05, 0) is 6.92 Å². The van der Waals surface area contributed by atoms with Crippen molar-refractivity contribution in [3.63, 3.8) is 0 Å². The van der Waals surface area contributed by atoms with E-state index in [2.05, 4.69) is 29.1 Å². The quantitative estimate of drug-likeness (QED) is 0.420. The van der Waals surface area contributed by atoms with Crippen molar-refractivity contribution >= 4 is 27.9 Å². The summed E-state index contributed by atoms with van der Waals surface area (Å²) in [5, 5.41) is 0.385. The van der Waals surface area contributed by atoms with Crippen LogP contribution in [0.4, 0.5) is 0 Å². The van der Waals surface area contributed by atoms with E-state index >= 15 is 0 Å². The molecule has 0 fully saturated rings. The van der Waals surface area contributed by atoms with Crippen LogP contribution in [0.5, 0.6) is 0 Å². The Labute approximate surface area is 97.1 Å². The van der Waals surface area contributed by atoms with Gasteiger partial charge in [-0.3, -0.25) is 0 Å². The number of carbonyl (C=O) groups excluding carboxylic acids is 2. The number of ether oxygens (including phenoxy) is 2. The van der Waals surface area contributed by atoms with Crippen LogP contribution in [0, 0.1) is 0 Å². The van der Waals surface area contributed by atoms with Crippen molar-refractivity contribution in [3.05, 3.63) is 24.8 Å². The predicted molar refractivity (Wildman–Crippen MR) is 59.6 cm³/mol. The van der Waals surface area contributed by atoms with Crippen molar-refractivity contribution < 1.29 is 19.1 Å². The van der Waals surface area contributed by atoms with E-state index < -0.39 is 18.0 Å². The lowest BCUT2D eigenvalue weighted by molar-refractivity contribution is -0.151. The first kappa shape index (κ1) is 13.9. The summed E-state index contributed by atoms with van der Waals surface area (Å²) in [5.74, 6) is -1.05. The van der Waals surface area contributed by atoms with Gasteiger partial charge in [0.1, 0.15) is 12.7 Å². The maximum absolute atomic E-state index is 11.1. The van der Waals surface area contributed by atoms with E-state index in [-0.39, 0.29) is 6.61 Å². The van der Waals surface area contributed by atoms with E-state index in [9.17, 15) is 9.59 Å². The van der Waals surface area contributed by atoms with Crippen LogP contribution in [0.15, 0.2) is 24.8 Å². The number of halogens is 1. The van der Waals surface area contributed by atoms with Crippen LogP contribution in [0.3, 0.4) is 0 Å². The lowest BCUT2D eigenvalue weighted by Gasteiger charge is -2.14. The number of hydrogen-bond acceptors (Lipinski definition) is 4. The van der Waals surface area contributed by atoms with Crippen molar-refractivity contribution in [2.75, 3.05) is 11.9 Å². The molecule has 0 saturated heterocycles. The zero-order valence-corrected chi connectivity index (χ0v) is 10.1. The number of hydrogen-bond donors (Lipinski definition) is 0. The molecule has 0 aliphatic rings. The number of alkyl halides is 1. The minimum Gasteiger partial charge on any atom is -0.459 e. The molecule has 0 aromatic carbocycles. The number of carbonyl (C=O) groups is 2. The van der Waals surface area contributed by atoms with E-state index in [0.29, 0.717) is 10.9 Å². The molecule has 0 saturated carbocycles. The molecule has 0 spiro atoms. The molecular formula is C10H13BrO4. The van der Waals surface area contributed by atoms with Gasteiger partial charge in [-0.15, -0.1) is 0 Å². The highest BCUT2D eigenvalue weighted by atomic mass is 79.9. The summed E-state index contributed by atoms with van der Waals surface area (Å²) in [6.45, 7) is 8.23. The first-order chi connectivity index (χ1) is 7.01. The largest absolute Gasteiger partial charge is 0.459 e. The van der Waals surface area contributed by atoms with E-state index in [1.165, 1.54) is 0 Å². The third kappa shape index (κ3) is 6.06. The maximum atomic E-state index is 11.1. The van der Waals surface area contributed by atoms with Crippen molar-refractivity contribution in [2.24, 2.45) is 0 Å². The second-order valence-corrected chi connectivity index (χ2v) is 3.44. The highest BCUT2D eigenvalue weighted by Crippen LogP contribution is 2.03. The topological polar surface area (TPSA) is 52.6 Å². The summed E-state index contributed by atoms with van der Waals surface area (Å²) >= 11 is 3.14. The molecular weight excluding hydrogens is 264 g/mol. The Morgan fingerprint density at radius 2 is 2.13 bits per heavy atom. The first-order valence-electron chi connectivity index (χ1n) is 4.23. The molecule has 0 amide bonds. The van der Waals surface area contributed by atoms with E-state index in [1.54, 1.807) is 6.92 Å². The zero-order valence-electron chi connectivity index (χ0n) is 8.49. The van der Waals surface area contributed by atoms with Crippen LogP contribution in [-0.4, -0.2) is 30.0 Å². The van der Waals surface area contributed by atoms with Gasteiger partial charge in [-0.2, -0.15) is 0 Å². The van der Waals surface area contributed by atoms with Crippen molar-refractivity contribution in [1.29, 1.82) is 0 Å². The van der Waals surface area contributed by atoms with Gasteiger partial charge in [-0.25, -0.2) is 9.59 Å². The fourth-order valence-corrected chi connectivity index (χ4v) is 0.915. The Hall–Kier alpha value is -1.10. The summed E-state index contributed by atoms with van der Waals surface area (Å²) in [4.78, 5) is 21.9. The van der Waals surface area contributed by atoms with Crippen LogP contribution in [0.1, 0.15) is 6.92 Å². The molecule has 15 heavy (non-hydrogen) atoms. The van der Waals surface area contributed by atoms with E-state index in [1.807, 2.05) is 0 Å². The van der Waals surface area contributed by atoms with Gasteiger partial charge >= 0.3 is 11.9 Å². The number of rotatable bonds is 6. The average molecular weight is 277 g/mol. The predicted octanol–water partition coefficient (Wildman–Crippen LogP) is 1.60. The molecule has 5 heteroatoms. The molecule has 0 aliphatic carbocycles. The molecule has 0 aromatic heterocycles. The molecule has 0 radical (unpaired) electrons. The van der Waals surface area contributed by atoms with E-state index in [4.69, 9.17) is 9.47 Å². The molecule has 84 valence electrons. The Bertz CT molecular complexity index is 273. The molecule has 0 bridgehead atoms. The Balaban J connectivity index is 4.03. The second kappa shape index (κ2) is 7.23. The average Bonchev–Trinajstić information content (AvgIpc) is 2.22. The molecule has 1 atom stereocenters. The molecule has 4 nitrogen and oxygen atoms in total. The van der Waals surface area contributed by atoms with Crippen LogP contribution < -0.4 is 0 Å². The molecule has 0 aromatic rings. The van der Waals surface area contributed by atoms with Crippen LogP contribution >= 0.6 is 15.9 Å². The molecule has 1 unspecified atom stereocenters. The fraction of sp³-hybridized carbons (Fsp3) is 0.400.